The van der Waals surface area contributed by atoms with Crippen molar-refractivity contribution in [2.24, 2.45) is 5.92 Å². The highest BCUT2D eigenvalue weighted by Crippen LogP contribution is 2.32. The third-order valence-corrected chi connectivity index (χ3v) is 2.90. The van der Waals surface area contributed by atoms with E-state index < -0.39 is 4.92 Å². The zero-order valence-corrected chi connectivity index (χ0v) is 9.50. The van der Waals surface area contributed by atoms with Crippen LogP contribution in [0.2, 0.25) is 0 Å². The van der Waals surface area contributed by atoms with Gasteiger partial charge >= 0.3 is 0 Å². The van der Waals surface area contributed by atoms with Gasteiger partial charge in [0.25, 0.3) is 5.69 Å². The average molecular weight is 238 g/mol. The summed E-state index contributed by atoms with van der Waals surface area (Å²) in [5, 5.41) is 19.7. The molecule has 0 bridgehead atoms. The van der Waals surface area contributed by atoms with Gasteiger partial charge in [-0.3, -0.25) is 10.1 Å². The van der Waals surface area contributed by atoms with Crippen molar-refractivity contribution in [2.45, 2.75) is 0 Å². The number of aliphatic hydroxyl groups is 1. The molecule has 1 N–H and O–H groups in total. The Morgan fingerprint density at radius 3 is 2.76 bits per heavy atom. The zero-order chi connectivity index (χ0) is 12.4. The molecule has 1 aromatic carbocycles. The molecule has 1 aliphatic rings. The second kappa shape index (κ2) is 4.58. The largest absolute Gasteiger partial charge is 0.496 e. The summed E-state index contributed by atoms with van der Waals surface area (Å²) in [7, 11) is 1.48. The van der Waals surface area contributed by atoms with Crippen LogP contribution in [0.25, 0.3) is 0 Å². The number of benzene rings is 1. The van der Waals surface area contributed by atoms with E-state index in [2.05, 4.69) is 0 Å². The molecular formula is C11H14N2O4. The first-order valence-electron chi connectivity index (χ1n) is 5.33. The number of nitro groups is 1. The van der Waals surface area contributed by atoms with Crippen molar-refractivity contribution in [1.82, 2.24) is 0 Å². The Balaban J connectivity index is 2.22. The van der Waals surface area contributed by atoms with Crippen LogP contribution < -0.4 is 9.64 Å². The molecule has 0 radical (unpaired) electrons. The topological polar surface area (TPSA) is 75.8 Å². The van der Waals surface area contributed by atoms with E-state index in [0.717, 1.165) is 18.8 Å². The van der Waals surface area contributed by atoms with E-state index in [1.54, 1.807) is 6.07 Å². The number of nitrogens with zero attached hydrogens (tertiary/aromatic N) is 2. The smallest absolute Gasteiger partial charge is 0.275 e. The predicted molar refractivity (Wildman–Crippen MR) is 62.4 cm³/mol. The van der Waals surface area contributed by atoms with Crippen molar-refractivity contribution < 1.29 is 14.8 Å². The summed E-state index contributed by atoms with van der Waals surface area (Å²) in [5.41, 5.74) is 0.785. The lowest BCUT2D eigenvalue weighted by atomic mass is 10.0. The first kappa shape index (κ1) is 11.7. The summed E-state index contributed by atoms with van der Waals surface area (Å²) in [4.78, 5) is 12.3. The van der Waals surface area contributed by atoms with E-state index in [1.165, 1.54) is 19.2 Å². The Morgan fingerprint density at radius 1 is 1.53 bits per heavy atom. The van der Waals surface area contributed by atoms with Crippen LogP contribution in [-0.2, 0) is 0 Å². The molecule has 0 unspecified atom stereocenters. The summed E-state index contributed by atoms with van der Waals surface area (Å²) in [6.45, 7) is 1.60. The first-order chi connectivity index (χ1) is 8.13. The van der Waals surface area contributed by atoms with E-state index in [-0.39, 0.29) is 18.2 Å². The van der Waals surface area contributed by atoms with Crippen LogP contribution in [0.3, 0.4) is 0 Å². The summed E-state index contributed by atoms with van der Waals surface area (Å²) < 4.78 is 5.04. The molecule has 2 rings (SSSR count). The second-order valence-corrected chi connectivity index (χ2v) is 4.10. The van der Waals surface area contributed by atoms with Crippen molar-refractivity contribution in [3.63, 3.8) is 0 Å². The molecule has 1 aliphatic heterocycles. The molecule has 6 heteroatoms. The Labute approximate surface area is 98.6 Å². The molecule has 0 amide bonds. The minimum Gasteiger partial charge on any atom is -0.496 e. The van der Waals surface area contributed by atoms with Crippen molar-refractivity contribution in [1.29, 1.82) is 0 Å². The first-order valence-corrected chi connectivity index (χ1v) is 5.33. The SMILES string of the molecule is COc1cc(N2CC(CO)C2)cc([N+](=O)[O-])c1. The number of methoxy groups -OCH3 is 1. The van der Waals surface area contributed by atoms with Gasteiger partial charge in [0, 0.05) is 43.4 Å². The normalized spacial score (nSPS) is 15.5. The van der Waals surface area contributed by atoms with Crippen molar-refractivity contribution in [3.8, 4) is 5.75 Å². The number of hydrogen-bond donors (Lipinski definition) is 1. The van der Waals surface area contributed by atoms with Gasteiger partial charge in [0.1, 0.15) is 5.75 Å². The molecule has 1 fully saturated rings. The maximum Gasteiger partial charge on any atom is 0.275 e. The highest BCUT2D eigenvalue weighted by Gasteiger charge is 2.27. The van der Waals surface area contributed by atoms with E-state index in [0.29, 0.717) is 5.75 Å². The molecule has 0 aliphatic carbocycles. The fourth-order valence-electron chi connectivity index (χ4n) is 1.87. The summed E-state index contributed by atoms with van der Waals surface area (Å²) in [5.74, 6) is 0.738. The van der Waals surface area contributed by atoms with Crippen molar-refractivity contribution in [2.75, 3.05) is 31.7 Å². The maximum absolute atomic E-state index is 10.8. The second-order valence-electron chi connectivity index (χ2n) is 4.10. The standard InChI is InChI=1S/C11H14N2O4/c1-17-11-3-9(2-10(4-11)13(15)16)12-5-8(6-12)7-14/h2-4,8,14H,5-7H2,1H3. The van der Waals surface area contributed by atoms with Gasteiger partial charge in [-0.25, -0.2) is 0 Å². The van der Waals surface area contributed by atoms with E-state index in [9.17, 15) is 10.1 Å². The molecule has 1 aromatic rings. The van der Waals surface area contributed by atoms with Gasteiger partial charge in [-0.05, 0) is 0 Å². The fourth-order valence-corrected chi connectivity index (χ4v) is 1.87. The monoisotopic (exact) mass is 238 g/mol. The number of hydrogen-bond acceptors (Lipinski definition) is 5. The number of aliphatic hydroxyl groups excluding tert-OH is 1. The van der Waals surface area contributed by atoms with Gasteiger partial charge < -0.3 is 14.7 Å². The van der Waals surface area contributed by atoms with E-state index in [4.69, 9.17) is 9.84 Å². The quantitative estimate of drug-likeness (QED) is 0.626. The van der Waals surface area contributed by atoms with Gasteiger partial charge in [-0.15, -0.1) is 0 Å². The summed E-state index contributed by atoms with van der Waals surface area (Å²) in [6.07, 6.45) is 0. The van der Waals surface area contributed by atoms with Crippen LogP contribution in [0.15, 0.2) is 18.2 Å². The van der Waals surface area contributed by atoms with Crippen LogP contribution in [0, 0.1) is 16.0 Å². The molecule has 92 valence electrons. The molecule has 1 heterocycles. The number of non-ortho nitro benzene ring substituents is 1. The highest BCUT2D eigenvalue weighted by atomic mass is 16.6. The van der Waals surface area contributed by atoms with Gasteiger partial charge in [-0.2, -0.15) is 0 Å². The Morgan fingerprint density at radius 2 is 2.24 bits per heavy atom. The number of anilines is 1. The molecular weight excluding hydrogens is 224 g/mol. The van der Waals surface area contributed by atoms with Crippen LogP contribution in [0.5, 0.6) is 5.75 Å². The molecule has 17 heavy (non-hydrogen) atoms. The molecule has 0 saturated carbocycles. The zero-order valence-electron chi connectivity index (χ0n) is 9.50. The number of ether oxygens (including phenoxy) is 1. The van der Waals surface area contributed by atoms with Crippen LogP contribution >= 0.6 is 0 Å². The lowest BCUT2D eigenvalue weighted by Crippen LogP contribution is -2.48. The van der Waals surface area contributed by atoms with Gasteiger partial charge in [0.2, 0.25) is 0 Å². The molecule has 0 spiro atoms. The minimum absolute atomic E-state index is 0.0202. The average Bonchev–Trinajstić information content (AvgIpc) is 2.27. The maximum atomic E-state index is 10.8. The summed E-state index contributed by atoms with van der Waals surface area (Å²) in [6, 6.07) is 4.68. The highest BCUT2D eigenvalue weighted by molar-refractivity contribution is 5.59. The number of rotatable bonds is 4. The Hall–Kier alpha value is -1.82. The Bertz CT molecular complexity index is 429. The lowest BCUT2D eigenvalue weighted by Gasteiger charge is -2.40. The van der Waals surface area contributed by atoms with Crippen molar-refractivity contribution >= 4 is 11.4 Å². The van der Waals surface area contributed by atoms with Crippen LogP contribution in [-0.4, -0.2) is 36.8 Å². The molecule has 0 atom stereocenters. The minimum atomic E-state index is -0.435. The van der Waals surface area contributed by atoms with E-state index >= 15 is 0 Å². The van der Waals surface area contributed by atoms with Gasteiger partial charge in [0.05, 0.1) is 18.1 Å². The predicted octanol–water partition coefficient (Wildman–Crippen LogP) is 1.03. The van der Waals surface area contributed by atoms with Gasteiger partial charge in [0.15, 0.2) is 0 Å². The van der Waals surface area contributed by atoms with Crippen molar-refractivity contribution in [3.05, 3.63) is 28.3 Å². The molecule has 1 saturated heterocycles. The third kappa shape index (κ3) is 2.31. The molecule has 6 nitrogen and oxygen atoms in total. The van der Waals surface area contributed by atoms with Gasteiger partial charge in [-0.1, -0.05) is 0 Å². The fraction of sp³-hybridized carbons (Fsp3) is 0.455. The summed E-state index contributed by atoms with van der Waals surface area (Å²) >= 11 is 0. The lowest BCUT2D eigenvalue weighted by molar-refractivity contribution is -0.384. The van der Waals surface area contributed by atoms with E-state index in [1.807, 2.05) is 4.90 Å². The third-order valence-electron chi connectivity index (χ3n) is 2.90. The number of nitro benzene ring substituents is 1. The molecule has 0 aromatic heterocycles. The van der Waals surface area contributed by atoms with Crippen LogP contribution in [0.4, 0.5) is 11.4 Å². The van der Waals surface area contributed by atoms with Crippen LogP contribution in [0.1, 0.15) is 0 Å². The Kier molecular flexibility index (Phi) is 3.14.